The zero-order valence-corrected chi connectivity index (χ0v) is 16.5. The highest BCUT2D eigenvalue weighted by molar-refractivity contribution is 6.27. The SMILES string of the molecule is O=C(/C=N/O)CCCCN1CCc2cc(CO)c(CO)cc2C1c1ccccc1. The number of carbonyl (C=O) groups is 1. The van der Waals surface area contributed by atoms with Crippen molar-refractivity contribution in [2.24, 2.45) is 5.16 Å². The van der Waals surface area contributed by atoms with Gasteiger partial charge in [0.15, 0.2) is 5.78 Å². The normalized spacial score (nSPS) is 16.8. The van der Waals surface area contributed by atoms with E-state index in [1.54, 1.807) is 0 Å². The molecule has 2 aromatic rings. The Bertz CT molecular complexity index is 851. The molecule has 0 fully saturated rings. The molecule has 1 unspecified atom stereocenters. The second-order valence-corrected chi connectivity index (χ2v) is 7.40. The van der Waals surface area contributed by atoms with E-state index in [4.69, 9.17) is 5.21 Å². The Morgan fingerprint density at radius 2 is 1.83 bits per heavy atom. The molecule has 29 heavy (non-hydrogen) atoms. The summed E-state index contributed by atoms with van der Waals surface area (Å²) in [7, 11) is 0. The molecule has 0 aromatic heterocycles. The molecule has 0 radical (unpaired) electrons. The molecule has 3 rings (SSSR count). The lowest BCUT2D eigenvalue weighted by molar-refractivity contribution is -0.112. The zero-order chi connectivity index (χ0) is 20.6. The first-order valence-corrected chi connectivity index (χ1v) is 10.0. The van der Waals surface area contributed by atoms with E-state index in [2.05, 4.69) is 22.2 Å². The zero-order valence-electron chi connectivity index (χ0n) is 16.5. The third kappa shape index (κ3) is 5.09. The number of nitrogens with zero attached hydrogens (tertiary/aromatic N) is 2. The average Bonchev–Trinajstić information content (AvgIpc) is 2.76. The van der Waals surface area contributed by atoms with E-state index in [9.17, 15) is 15.0 Å². The van der Waals surface area contributed by atoms with E-state index in [1.807, 2.05) is 30.3 Å². The predicted octanol–water partition coefficient (Wildman–Crippen LogP) is 2.82. The van der Waals surface area contributed by atoms with Gasteiger partial charge in [0.05, 0.1) is 19.3 Å². The van der Waals surface area contributed by atoms with Crippen LogP contribution >= 0.6 is 0 Å². The Morgan fingerprint density at radius 1 is 1.10 bits per heavy atom. The Balaban J connectivity index is 1.84. The quantitative estimate of drug-likeness (QED) is 0.262. The van der Waals surface area contributed by atoms with E-state index in [0.717, 1.165) is 49.7 Å². The molecule has 0 spiro atoms. The summed E-state index contributed by atoms with van der Waals surface area (Å²) < 4.78 is 0. The minimum absolute atomic E-state index is 0.0753. The van der Waals surface area contributed by atoms with Crippen LogP contribution in [0.15, 0.2) is 47.6 Å². The molecule has 6 nitrogen and oxygen atoms in total. The molecular weight excluding hydrogens is 368 g/mol. The van der Waals surface area contributed by atoms with Gasteiger partial charge >= 0.3 is 0 Å². The molecule has 1 heterocycles. The predicted molar refractivity (Wildman–Crippen MR) is 111 cm³/mol. The highest BCUT2D eigenvalue weighted by Crippen LogP contribution is 2.37. The number of ketones is 1. The Morgan fingerprint density at radius 3 is 2.52 bits per heavy atom. The van der Waals surface area contributed by atoms with Gasteiger partial charge in [0.2, 0.25) is 0 Å². The molecule has 1 aliphatic rings. The van der Waals surface area contributed by atoms with Crippen LogP contribution in [0.1, 0.15) is 53.1 Å². The maximum atomic E-state index is 11.5. The number of Topliss-reactive ketones (excluding diaryl/α,β-unsaturated/α-hetero) is 1. The number of rotatable bonds is 9. The maximum Gasteiger partial charge on any atom is 0.177 e. The topological polar surface area (TPSA) is 93.4 Å². The fourth-order valence-corrected chi connectivity index (χ4v) is 4.12. The van der Waals surface area contributed by atoms with Gasteiger partial charge in [0.25, 0.3) is 0 Å². The summed E-state index contributed by atoms with van der Waals surface area (Å²) in [6, 6.07) is 14.4. The second-order valence-electron chi connectivity index (χ2n) is 7.40. The molecule has 0 aliphatic carbocycles. The number of oxime groups is 1. The first-order valence-electron chi connectivity index (χ1n) is 10.0. The number of carbonyl (C=O) groups excluding carboxylic acids is 1. The first kappa shape index (κ1) is 21.2. The van der Waals surface area contributed by atoms with Crippen molar-refractivity contribution in [3.05, 3.63) is 70.3 Å². The van der Waals surface area contributed by atoms with Gasteiger partial charge in [0, 0.05) is 13.0 Å². The van der Waals surface area contributed by atoms with Gasteiger partial charge in [-0.25, -0.2) is 0 Å². The van der Waals surface area contributed by atoms with E-state index in [1.165, 1.54) is 16.7 Å². The van der Waals surface area contributed by atoms with Gasteiger partial charge in [0.1, 0.15) is 6.21 Å². The Labute approximate surface area is 171 Å². The molecular formula is C23H28N2O4. The van der Waals surface area contributed by atoms with Crippen LogP contribution in [0, 0.1) is 0 Å². The van der Waals surface area contributed by atoms with Gasteiger partial charge in [-0.15, -0.1) is 0 Å². The lowest BCUT2D eigenvalue weighted by Gasteiger charge is -2.38. The second kappa shape index (κ2) is 10.3. The molecule has 1 atom stereocenters. The maximum absolute atomic E-state index is 11.5. The third-order valence-electron chi connectivity index (χ3n) is 5.57. The van der Waals surface area contributed by atoms with Gasteiger partial charge in [-0.2, -0.15) is 0 Å². The van der Waals surface area contributed by atoms with Crippen molar-refractivity contribution in [3.63, 3.8) is 0 Å². The van der Waals surface area contributed by atoms with E-state index in [-0.39, 0.29) is 25.0 Å². The van der Waals surface area contributed by atoms with Crippen molar-refractivity contribution in [2.45, 2.75) is 44.9 Å². The molecule has 0 bridgehead atoms. The minimum Gasteiger partial charge on any atom is -0.411 e. The first-order chi connectivity index (χ1) is 14.2. The minimum atomic E-state index is -0.166. The number of unbranched alkanes of at least 4 members (excludes halogenated alkanes) is 1. The Kier molecular flexibility index (Phi) is 7.52. The molecule has 154 valence electrons. The van der Waals surface area contributed by atoms with Gasteiger partial charge < -0.3 is 15.4 Å². The summed E-state index contributed by atoms with van der Waals surface area (Å²) in [6.07, 6.45) is 3.82. The highest BCUT2D eigenvalue weighted by Gasteiger charge is 2.29. The summed E-state index contributed by atoms with van der Waals surface area (Å²) in [5, 5.41) is 30.6. The molecule has 6 heteroatoms. The highest BCUT2D eigenvalue weighted by atomic mass is 16.4. The number of fused-ring (bicyclic) bond motifs is 1. The standard InChI is InChI=1S/C23H28N2O4/c26-15-19-12-18-9-11-25(10-5-4-8-21(28)14-24-29)23(17-6-2-1-3-7-17)22(18)13-20(19)16-27/h1-3,6-7,12-14,23,26-27,29H,4-5,8-11,15-16H2/b24-14+. The van der Waals surface area contributed by atoms with Gasteiger partial charge in [-0.05, 0) is 53.6 Å². The summed E-state index contributed by atoms with van der Waals surface area (Å²) in [5.74, 6) is -0.166. The fourth-order valence-electron chi connectivity index (χ4n) is 4.12. The van der Waals surface area contributed by atoms with Crippen molar-refractivity contribution in [1.82, 2.24) is 4.90 Å². The van der Waals surface area contributed by atoms with Crippen molar-refractivity contribution < 1.29 is 20.2 Å². The molecule has 3 N–H and O–H groups in total. The van der Waals surface area contributed by atoms with E-state index >= 15 is 0 Å². The van der Waals surface area contributed by atoms with Crippen LogP contribution in [0.4, 0.5) is 0 Å². The Hall–Kier alpha value is -2.54. The lowest BCUT2D eigenvalue weighted by atomic mass is 9.85. The van der Waals surface area contributed by atoms with Crippen LogP contribution in [0.3, 0.4) is 0 Å². The van der Waals surface area contributed by atoms with E-state index < -0.39 is 0 Å². The van der Waals surface area contributed by atoms with Crippen molar-refractivity contribution in [3.8, 4) is 0 Å². The van der Waals surface area contributed by atoms with Crippen molar-refractivity contribution in [1.29, 1.82) is 0 Å². The molecule has 0 amide bonds. The summed E-state index contributed by atoms with van der Waals surface area (Å²) in [4.78, 5) is 13.9. The van der Waals surface area contributed by atoms with Crippen LogP contribution < -0.4 is 0 Å². The van der Waals surface area contributed by atoms with Crippen LogP contribution in [-0.4, -0.2) is 45.4 Å². The smallest absolute Gasteiger partial charge is 0.177 e. The van der Waals surface area contributed by atoms with Crippen LogP contribution in [0.25, 0.3) is 0 Å². The number of aliphatic hydroxyl groups excluding tert-OH is 2. The lowest BCUT2D eigenvalue weighted by Crippen LogP contribution is -2.37. The number of hydrogen-bond donors (Lipinski definition) is 3. The summed E-state index contributed by atoms with van der Waals surface area (Å²) in [6.45, 7) is 1.56. The van der Waals surface area contributed by atoms with Crippen LogP contribution in [0.2, 0.25) is 0 Å². The van der Waals surface area contributed by atoms with Gasteiger partial charge in [-0.1, -0.05) is 47.6 Å². The molecule has 1 aliphatic heterocycles. The fraction of sp³-hybridized carbons (Fsp3) is 0.391. The summed E-state index contributed by atoms with van der Waals surface area (Å²) >= 11 is 0. The monoisotopic (exact) mass is 396 g/mol. The van der Waals surface area contributed by atoms with E-state index in [0.29, 0.717) is 6.42 Å². The number of hydrogen-bond acceptors (Lipinski definition) is 6. The van der Waals surface area contributed by atoms with Crippen LogP contribution in [0.5, 0.6) is 0 Å². The molecule has 2 aromatic carbocycles. The molecule has 0 saturated heterocycles. The summed E-state index contributed by atoms with van der Waals surface area (Å²) in [5.41, 5.74) is 5.13. The third-order valence-corrected chi connectivity index (χ3v) is 5.57. The largest absolute Gasteiger partial charge is 0.411 e. The molecule has 0 saturated carbocycles. The number of benzene rings is 2. The average molecular weight is 396 g/mol. The van der Waals surface area contributed by atoms with Crippen molar-refractivity contribution in [2.75, 3.05) is 13.1 Å². The number of aliphatic hydroxyl groups is 2. The van der Waals surface area contributed by atoms with Crippen LogP contribution in [-0.2, 0) is 24.4 Å². The van der Waals surface area contributed by atoms with Crippen molar-refractivity contribution >= 4 is 12.0 Å². The van der Waals surface area contributed by atoms with Gasteiger partial charge in [-0.3, -0.25) is 9.69 Å².